The van der Waals surface area contributed by atoms with Crippen LogP contribution in [-0.4, -0.2) is 36.8 Å². The highest BCUT2D eigenvalue weighted by atomic mass is 35.5. The second kappa shape index (κ2) is 7.72. The van der Waals surface area contributed by atoms with Crippen molar-refractivity contribution >= 4 is 44.8 Å². The van der Waals surface area contributed by atoms with Crippen LogP contribution in [0.5, 0.6) is 0 Å². The second-order valence-corrected chi connectivity index (χ2v) is 7.18. The van der Waals surface area contributed by atoms with E-state index in [2.05, 4.69) is 25.3 Å². The summed E-state index contributed by atoms with van der Waals surface area (Å²) >= 11 is 7.40. The van der Waals surface area contributed by atoms with Crippen LogP contribution in [0.4, 0.5) is 16.0 Å². The van der Waals surface area contributed by atoms with Gasteiger partial charge in [-0.05, 0) is 18.2 Å². The van der Waals surface area contributed by atoms with Gasteiger partial charge >= 0.3 is 0 Å². The molecule has 0 saturated heterocycles. The van der Waals surface area contributed by atoms with Crippen molar-refractivity contribution in [2.45, 2.75) is 6.10 Å². The molecule has 10 heteroatoms. The smallest absolute Gasteiger partial charge is 0.151 e. The molecule has 0 spiro atoms. The molecule has 1 unspecified atom stereocenters. The van der Waals surface area contributed by atoms with Crippen LogP contribution in [0.15, 0.2) is 42.9 Å². The Labute approximate surface area is 167 Å². The third kappa shape index (κ3) is 3.52. The standard InChI is InChI=1S/C18H13ClFN5O2S/c19-9-2-1-3-10(20)15(9)18-24-11-4-5-21-17(16(11)28-18)25-14-6-12(13(27)7-26)22-8-23-14/h1-6,8,13,26-27H,7H2,(H,21,22,23,25). The van der Waals surface area contributed by atoms with Crippen LogP contribution in [0, 0.1) is 5.82 Å². The first-order valence-electron chi connectivity index (χ1n) is 8.14. The molecule has 4 aromatic rings. The molecule has 3 aromatic heterocycles. The minimum Gasteiger partial charge on any atom is -0.393 e. The van der Waals surface area contributed by atoms with Crippen LogP contribution in [-0.2, 0) is 0 Å². The van der Waals surface area contributed by atoms with E-state index in [0.717, 1.165) is 0 Å². The van der Waals surface area contributed by atoms with Gasteiger partial charge in [0.1, 0.15) is 29.1 Å². The molecule has 28 heavy (non-hydrogen) atoms. The third-order valence-corrected chi connectivity index (χ3v) is 5.34. The van der Waals surface area contributed by atoms with Gasteiger partial charge in [-0.15, -0.1) is 11.3 Å². The molecule has 0 aliphatic heterocycles. The topological polar surface area (TPSA) is 104 Å². The minimum absolute atomic E-state index is 0.242. The molecule has 0 saturated carbocycles. The monoisotopic (exact) mass is 417 g/mol. The summed E-state index contributed by atoms with van der Waals surface area (Å²) in [5.41, 5.74) is 1.14. The molecular weight excluding hydrogens is 405 g/mol. The van der Waals surface area contributed by atoms with Gasteiger partial charge in [-0.25, -0.2) is 24.3 Å². The van der Waals surface area contributed by atoms with Crippen molar-refractivity contribution in [3.63, 3.8) is 0 Å². The first-order chi connectivity index (χ1) is 13.6. The number of pyridine rings is 1. The first-order valence-corrected chi connectivity index (χ1v) is 9.34. The normalized spacial score (nSPS) is 12.3. The van der Waals surface area contributed by atoms with Gasteiger partial charge in [0.2, 0.25) is 0 Å². The van der Waals surface area contributed by atoms with Crippen LogP contribution < -0.4 is 5.32 Å². The quantitative estimate of drug-likeness (QED) is 0.454. The summed E-state index contributed by atoms with van der Waals surface area (Å²) < 4.78 is 14.9. The van der Waals surface area contributed by atoms with Crippen LogP contribution in [0.25, 0.3) is 20.8 Å². The SMILES string of the molecule is OCC(O)c1cc(Nc2nccc3nc(-c4c(F)cccc4Cl)sc23)ncn1. The Hall–Kier alpha value is -2.72. The first kappa shape index (κ1) is 18.6. The largest absolute Gasteiger partial charge is 0.393 e. The number of hydrogen-bond donors (Lipinski definition) is 3. The number of rotatable bonds is 5. The number of anilines is 2. The zero-order valence-corrected chi connectivity index (χ0v) is 15.7. The molecule has 4 rings (SSSR count). The fourth-order valence-electron chi connectivity index (χ4n) is 2.59. The fraction of sp³-hybridized carbons (Fsp3) is 0.111. The van der Waals surface area contributed by atoms with Crippen LogP contribution in [0.3, 0.4) is 0 Å². The fourth-order valence-corrected chi connectivity index (χ4v) is 3.97. The molecule has 3 heterocycles. The molecular formula is C18H13ClFN5O2S. The summed E-state index contributed by atoms with van der Waals surface area (Å²) in [7, 11) is 0. The maximum absolute atomic E-state index is 14.3. The van der Waals surface area contributed by atoms with Gasteiger partial charge in [-0.1, -0.05) is 17.7 Å². The van der Waals surface area contributed by atoms with Gasteiger partial charge in [-0.3, -0.25) is 0 Å². The summed E-state index contributed by atoms with van der Waals surface area (Å²) in [5, 5.41) is 22.6. The number of thiazole rings is 1. The van der Waals surface area contributed by atoms with E-state index in [1.165, 1.54) is 35.9 Å². The van der Waals surface area contributed by atoms with Crippen molar-refractivity contribution in [3.05, 3.63) is 59.4 Å². The van der Waals surface area contributed by atoms with E-state index < -0.39 is 18.5 Å². The molecule has 0 fully saturated rings. The highest BCUT2D eigenvalue weighted by molar-refractivity contribution is 7.22. The van der Waals surface area contributed by atoms with E-state index in [1.807, 2.05) is 0 Å². The van der Waals surface area contributed by atoms with Gasteiger partial charge in [0, 0.05) is 12.3 Å². The maximum atomic E-state index is 14.3. The Morgan fingerprint density at radius 1 is 1.21 bits per heavy atom. The summed E-state index contributed by atoms with van der Waals surface area (Å²) in [6, 6.07) is 7.71. The Morgan fingerprint density at radius 3 is 2.86 bits per heavy atom. The average Bonchev–Trinajstić information content (AvgIpc) is 3.12. The van der Waals surface area contributed by atoms with E-state index >= 15 is 0 Å². The maximum Gasteiger partial charge on any atom is 0.151 e. The number of halogens is 2. The van der Waals surface area contributed by atoms with Crippen LogP contribution >= 0.6 is 22.9 Å². The Kier molecular flexibility index (Phi) is 5.14. The van der Waals surface area contributed by atoms with E-state index in [9.17, 15) is 9.50 Å². The lowest BCUT2D eigenvalue weighted by Crippen LogP contribution is -2.06. The lowest BCUT2D eigenvalue weighted by molar-refractivity contribution is 0.0922. The Bertz CT molecular complexity index is 1140. The summed E-state index contributed by atoms with van der Waals surface area (Å²) in [5.74, 6) is 0.403. The van der Waals surface area contributed by atoms with E-state index in [0.29, 0.717) is 26.9 Å². The number of aliphatic hydroxyl groups excluding tert-OH is 2. The highest BCUT2D eigenvalue weighted by Gasteiger charge is 2.17. The second-order valence-electron chi connectivity index (χ2n) is 5.77. The van der Waals surface area contributed by atoms with Gasteiger partial charge in [0.25, 0.3) is 0 Å². The van der Waals surface area contributed by atoms with E-state index in [-0.39, 0.29) is 16.3 Å². The lowest BCUT2D eigenvalue weighted by atomic mass is 10.2. The van der Waals surface area contributed by atoms with Crippen molar-refractivity contribution in [2.75, 3.05) is 11.9 Å². The van der Waals surface area contributed by atoms with Crippen LogP contribution in [0.2, 0.25) is 5.02 Å². The predicted octanol–water partition coefficient (Wildman–Crippen LogP) is 3.71. The molecule has 3 N–H and O–H groups in total. The van der Waals surface area contributed by atoms with Crippen molar-refractivity contribution in [1.82, 2.24) is 19.9 Å². The molecule has 0 aliphatic carbocycles. The van der Waals surface area contributed by atoms with Crippen molar-refractivity contribution < 1.29 is 14.6 Å². The van der Waals surface area contributed by atoms with Gasteiger partial charge < -0.3 is 15.5 Å². The molecule has 1 aromatic carbocycles. The van der Waals surface area contributed by atoms with E-state index in [4.69, 9.17) is 16.7 Å². The van der Waals surface area contributed by atoms with Crippen molar-refractivity contribution in [2.24, 2.45) is 0 Å². The predicted molar refractivity (Wildman–Crippen MR) is 105 cm³/mol. The van der Waals surface area contributed by atoms with Crippen molar-refractivity contribution in [3.8, 4) is 10.6 Å². The molecule has 142 valence electrons. The molecule has 0 amide bonds. The summed E-state index contributed by atoms with van der Waals surface area (Å²) in [6.07, 6.45) is 1.74. The summed E-state index contributed by atoms with van der Waals surface area (Å²) in [6.45, 7) is -0.452. The molecule has 1 atom stereocenters. The number of aliphatic hydroxyl groups is 2. The number of hydrogen-bond acceptors (Lipinski definition) is 8. The average molecular weight is 418 g/mol. The molecule has 0 bridgehead atoms. The number of benzene rings is 1. The number of nitrogens with zero attached hydrogens (tertiary/aromatic N) is 4. The highest BCUT2D eigenvalue weighted by Crippen LogP contribution is 2.38. The zero-order valence-electron chi connectivity index (χ0n) is 14.2. The minimum atomic E-state index is -1.11. The molecule has 7 nitrogen and oxygen atoms in total. The molecule has 0 radical (unpaired) electrons. The number of nitrogens with one attached hydrogen (secondary N) is 1. The van der Waals surface area contributed by atoms with Gasteiger partial charge in [0.15, 0.2) is 5.82 Å². The van der Waals surface area contributed by atoms with Gasteiger partial charge in [-0.2, -0.15) is 0 Å². The summed E-state index contributed by atoms with van der Waals surface area (Å²) in [4.78, 5) is 16.8. The Balaban J connectivity index is 1.74. The van der Waals surface area contributed by atoms with Gasteiger partial charge in [0.05, 0.1) is 33.1 Å². The Morgan fingerprint density at radius 2 is 2.07 bits per heavy atom. The number of fused-ring (bicyclic) bond motifs is 1. The number of aromatic nitrogens is 4. The molecule has 0 aliphatic rings. The lowest BCUT2D eigenvalue weighted by Gasteiger charge is -2.09. The van der Waals surface area contributed by atoms with Crippen LogP contribution in [0.1, 0.15) is 11.8 Å². The van der Waals surface area contributed by atoms with E-state index in [1.54, 1.807) is 18.3 Å². The third-order valence-electron chi connectivity index (χ3n) is 3.93. The van der Waals surface area contributed by atoms with Crippen molar-refractivity contribution in [1.29, 1.82) is 0 Å². The zero-order chi connectivity index (χ0) is 19.7.